The van der Waals surface area contributed by atoms with Crippen LogP contribution in [-0.4, -0.2) is 26.6 Å². The highest BCUT2D eigenvalue weighted by Crippen LogP contribution is 2.45. The normalized spacial score (nSPS) is 25.5. The van der Waals surface area contributed by atoms with Gasteiger partial charge in [-0.2, -0.15) is 0 Å². The molecule has 2 aliphatic rings. The molecule has 1 aromatic rings. The van der Waals surface area contributed by atoms with Crippen molar-refractivity contribution in [2.45, 2.75) is 55.4 Å². The van der Waals surface area contributed by atoms with Crippen LogP contribution in [0.25, 0.3) is 0 Å². The Morgan fingerprint density at radius 2 is 2.00 bits per heavy atom. The van der Waals surface area contributed by atoms with Crippen molar-refractivity contribution < 1.29 is 13.2 Å². The van der Waals surface area contributed by atoms with Crippen LogP contribution in [0, 0.1) is 17.8 Å². The van der Waals surface area contributed by atoms with E-state index in [1.807, 2.05) is 20.1 Å². The molecule has 2 N–H and O–H groups in total. The zero-order chi connectivity index (χ0) is 18.2. The largest absolute Gasteiger partial charge is 0.325 e. The molecule has 3 rings (SSSR count). The summed E-state index contributed by atoms with van der Waals surface area (Å²) in [5, 5.41) is 2.84. The van der Waals surface area contributed by atoms with Crippen molar-refractivity contribution in [3.63, 3.8) is 0 Å². The molecule has 7 heteroatoms. The van der Waals surface area contributed by atoms with E-state index >= 15 is 0 Å². The quantitative estimate of drug-likeness (QED) is 0.739. The fourth-order valence-corrected chi connectivity index (χ4v) is 5.76. The number of amides is 1. The Labute approximate surface area is 154 Å². The molecule has 2 fully saturated rings. The Balaban J connectivity index is 1.82. The van der Waals surface area contributed by atoms with Crippen LogP contribution in [0.15, 0.2) is 28.0 Å². The topological polar surface area (TPSA) is 75.3 Å². The number of fused-ring (bicyclic) bond motifs is 2. The van der Waals surface area contributed by atoms with Gasteiger partial charge in [-0.15, -0.1) is 11.8 Å². The molecule has 0 aromatic heterocycles. The molecule has 5 nitrogen and oxygen atoms in total. The van der Waals surface area contributed by atoms with Crippen molar-refractivity contribution in [2.24, 2.45) is 17.8 Å². The van der Waals surface area contributed by atoms with Crippen LogP contribution in [0.3, 0.4) is 0 Å². The second kappa shape index (κ2) is 7.29. The zero-order valence-electron chi connectivity index (χ0n) is 14.9. The summed E-state index contributed by atoms with van der Waals surface area (Å²) in [6, 6.07) is 5.00. The fourth-order valence-electron chi connectivity index (χ4n) is 3.89. The van der Waals surface area contributed by atoms with E-state index in [4.69, 9.17) is 0 Å². The number of thioether (sulfide) groups is 1. The van der Waals surface area contributed by atoms with Crippen LogP contribution in [0.4, 0.5) is 5.69 Å². The third kappa shape index (κ3) is 4.04. The first-order valence-corrected chi connectivity index (χ1v) is 11.5. The van der Waals surface area contributed by atoms with Gasteiger partial charge in [-0.25, -0.2) is 13.1 Å². The number of nitrogens with one attached hydrogen (secondary N) is 2. The molecule has 138 valence electrons. The lowest BCUT2D eigenvalue weighted by atomic mass is 9.96. The molecule has 25 heavy (non-hydrogen) atoms. The van der Waals surface area contributed by atoms with Crippen LogP contribution in [0.1, 0.15) is 39.5 Å². The van der Waals surface area contributed by atoms with Crippen LogP contribution >= 0.6 is 11.8 Å². The van der Waals surface area contributed by atoms with Crippen molar-refractivity contribution in [2.75, 3.05) is 11.6 Å². The molecule has 0 radical (unpaired) electrons. The summed E-state index contributed by atoms with van der Waals surface area (Å²) in [5.41, 5.74) is 0.557. The van der Waals surface area contributed by atoms with Gasteiger partial charge in [-0.1, -0.05) is 20.3 Å². The maximum Gasteiger partial charge on any atom is 0.240 e. The van der Waals surface area contributed by atoms with E-state index in [1.165, 1.54) is 18.2 Å². The molecule has 2 bridgehead atoms. The van der Waals surface area contributed by atoms with E-state index in [2.05, 4.69) is 10.0 Å². The van der Waals surface area contributed by atoms with E-state index in [0.717, 1.165) is 24.2 Å². The van der Waals surface area contributed by atoms with E-state index in [1.54, 1.807) is 18.2 Å². The van der Waals surface area contributed by atoms with E-state index in [-0.39, 0.29) is 22.8 Å². The van der Waals surface area contributed by atoms with Gasteiger partial charge in [0.25, 0.3) is 0 Å². The van der Waals surface area contributed by atoms with Gasteiger partial charge in [-0.3, -0.25) is 4.79 Å². The van der Waals surface area contributed by atoms with Crippen molar-refractivity contribution in [1.82, 2.24) is 4.72 Å². The Bertz CT molecular complexity index is 762. The molecule has 1 amide bonds. The van der Waals surface area contributed by atoms with Crippen LogP contribution < -0.4 is 10.0 Å². The second-order valence-corrected chi connectivity index (χ2v) is 9.97. The van der Waals surface area contributed by atoms with Crippen molar-refractivity contribution in [3.05, 3.63) is 18.2 Å². The maximum absolute atomic E-state index is 12.8. The summed E-state index contributed by atoms with van der Waals surface area (Å²) < 4.78 is 28.5. The first kappa shape index (κ1) is 18.7. The van der Waals surface area contributed by atoms with E-state index < -0.39 is 10.0 Å². The number of sulfonamides is 1. The summed E-state index contributed by atoms with van der Waals surface area (Å²) in [6.45, 7) is 3.62. The van der Waals surface area contributed by atoms with Crippen molar-refractivity contribution in [1.29, 1.82) is 0 Å². The summed E-state index contributed by atoms with van der Waals surface area (Å²) in [7, 11) is -3.58. The Morgan fingerprint density at radius 1 is 1.24 bits per heavy atom. The van der Waals surface area contributed by atoms with Crippen LogP contribution in [0.2, 0.25) is 0 Å². The molecular weight excluding hydrogens is 356 g/mol. The molecule has 2 aliphatic carbocycles. The zero-order valence-corrected chi connectivity index (χ0v) is 16.5. The minimum absolute atomic E-state index is 0.0534. The van der Waals surface area contributed by atoms with Gasteiger partial charge >= 0.3 is 0 Å². The highest BCUT2D eigenvalue weighted by molar-refractivity contribution is 7.98. The minimum atomic E-state index is -3.58. The molecule has 0 aliphatic heterocycles. The van der Waals surface area contributed by atoms with Gasteiger partial charge < -0.3 is 5.32 Å². The predicted octanol–water partition coefficient (Wildman–Crippen LogP) is 3.47. The fraction of sp³-hybridized carbons (Fsp3) is 0.611. The maximum atomic E-state index is 12.8. The monoisotopic (exact) mass is 382 g/mol. The van der Waals surface area contributed by atoms with Gasteiger partial charge in [0, 0.05) is 16.9 Å². The molecular formula is C18H26N2O3S2. The molecule has 1 aromatic carbocycles. The molecule has 0 saturated heterocycles. The molecule has 0 spiro atoms. The smallest absolute Gasteiger partial charge is 0.240 e. The van der Waals surface area contributed by atoms with Gasteiger partial charge in [0.2, 0.25) is 15.9 Å². The number of carbonyl (C=O) groups excluding carboxylic acids is 1. The Morgan fingerprint density at radius 3 is 2.56 bits per heavy atom. The number of anilines is 1. The van der Waals surface area contributed by atoms with Gasteiger partial charge in [0.15, 0.2) is 0 Å². The minimum Gasteiger partial charge on any atom is -0.325 e. The number of hydrogen-bond donors (Lipinski definition) is 2. The summed E-state index contributed by atoms with van der Waals surface area (Å²) in [6.07, 6.45) is 6.36. The average molecular weight is 383 g/mol. The van der Waals surface area contributed by atoms with Gasteiger partial charge in [0.1, 0.15) is 0 Å². The number of rotatable bonds is 6. The first-order chi connectivity index (χ1) is 11.8. The second-order valence-electron chi connectivity index (χ2n) is 7.41. The summed E-state index contributed by atoms with van der Waals surface area (Å²) in [5.74, 6) is 0.871. The molecule has 2 saturated carbocycles. The van der Waals surface area contributed by atoms with Gasteiger partial charge in [-0.05, 0) is 55.6 Å². The van der Waals surface area contributed by atoms with Gasteiger partial charge in [0.05, 0.1) is 10.6 Å². The van der Waals surface area contributed by atoms with Crippen molar-refractivity contribution >= 4 is 33.4 Å². The highest BCUT2D eigenvalue weighted by Gasteiger charge is 2.41. The lowest BCUT2D eigenvalue weighted by Crippen LogP contribution is -2.38. The number of benzene rings is 1. The number of hydrogen-bond acceptors (Lipinski definition) is 4. The third-order valence-corrected chi connectivity index (χ3v) is 7.59. The highest BCUT2D eigenvalue weighted by atomic mass is 32.2. The molecule has 0 unspecified atom stereocenters. The lowest BCUT2D eigenvalue weighted by Gasteiger charge is -2.23. The average Bonchev–Trinajstić information content (AvgIpc) is 3.17. The lowest BCUT2D eigenvalue weighted by molar-refractivity contribution is -0.118. The standard InChI is InChI=1S/C18H26N2O3S2/c1-11(2)18(21)19-16-10-14(6-7-17(16)24-3)25(22,23)20-15-9-12-4-5-13(15)8-12/h6-7,10-13,15,20H,4-5,8-9H2,1-3H3,(H,19,21)/t12-,13+,15-/m0/s1. The summed E-state index contributed by atoms with van der Waals surface area (Å²) >= 11 is 1.48. The Kier molecular flexibility index (Phi) is 5.46. The first-order valence-electron chi connectivity index (χ1n) is 8.81. The van der Waals surface area contributed by atoms with E-state index in [0.29, 0.717) is 17.5 Å². The molecule has 3 atom stereocenters. The van der Waals surface area contributed by atoms with Crippen molar-refractivity contribution in [3.8, 4) is 0 Å². The van der Waals surface area contributed by atoms with E-state index in [9.17, 15) is 13.2 Å². The SMILES string of the molecule is CSc1ccc(S(=O)(=O)N[C@H]2C[C@H]3CC[C@@H]2C3)cc1NC(=O)C(C)C. The summed E-state index contributed by atoms with van der Waals surface area (Å²) in [4.78, 5) is 13.1. The predicted molar refractivity (Wildman–Crippen MR) is 101 cm³/mol. The Hall–Kier alpha value is -1.05. The molecule has 0 heterocycles. The number of carbonyl (C=O) groups is 1. The van der Waals surface area contributed by atoms with Crippen LogP contribution in [-0.2, 0) is 14.8 Å². The third-order valence-electron chi connectivity index (χ3n) is 5.31. The van der Waals surface area contributed by atoms with Crippen LogP contribution in [0.5, 0.6) is 0 Å².